The molecule has 1 amide bonds. The van der Waals surface area contributed by atoms with E-state index in [0.29, 0.717) is 12.5 Å². The average molecular weight is 355 g/mol. The molecule has 1 fully saturated rings. The third kappa shape index (κ3) is 4.87. The Morgan fingerprint density at radius 3 is 2.62 bits per heavy atom. The van der Waals surface area contributed by atoms with Gasteiger partial charge in [-0.25, -0.2) is 0 Å². The van der Waals surface area contributed by atoms with Crippen molar-refractivity contribution in [1.29, 1.82) is 0 Å². The summed E-state index contributed by atoms with van der Waals surface area (Å²) in [7, 11) is 0. The van der Waals surface area contributed by atoms with Crippen LogP contribution < -0.4 is 10.5 Å². The number of benzene rings is 1. The van der Waals surface area contributed by atoms with Gasteiger partial charge in [0, 0.05) is 19.1 Å². The maximum atomic E-state index is 12.4. The van der Waals surface area contributed by atoms with E-state index in [4.69, 9.17) is 10.5 Å². The van der Waals surface area contributed by atoms with Gasteiger partial charge in [0.1, 0.15) is 5.75 Å². The van der Waals surface area contributed by atoms with Crippen molar-refractivity contribution in [2.45, 2.75) is 53.0 Å². The molecule has 2 N–H and O–H groups in total. The van der Waals surface area contributed by atoms with Crippen molar-refractivity contribution in [1.82, 2.24) is 4.90 Å². The van der Waals surface area contributed by atoms with E-state index >= 15 is 0 Å². The minimum Gasteiger partial charge on any atom is -0.484 e. The van der Waals surface area contributed by atoms with Crippen LogP contribution in [0.25, 0.3) is 0 Å². The van der Waals surface area contributed by atoms with Crippen LogP contribution in [0.2, 0.25) is 0 Å². The lowest BCUT2D eigenvalue weighted by Gasteiger charge is -2.42. The number of halogens is 1. The normalized spacial score (nSPS) is 19.8. The number of hydrogen-bond acceptors (Lipinski definition) is 3. The van der Waals surface area contributed by atoms with Crippen LogP contribution in [0.1, 0.15) is 51.2 Å². The number of amides is 1. The summed E-state index contributed by atoms with van der Waals surface area (Å²) in [5, 5.41) is 0. The minimum absolute atomic E-state index is 0. The standard InChI is InChI=1S/C19H30N2O2.ClH/c1-13(2)16-7-6-15(10-14(16)3)23-11-18(22)21-9-8-17(20)19(4,5)12-21;/h6-7,10,13,17H,8-9,11-12,20H2,1-5H3;1H. The van der Waals surface area contributed by atoms with Crippen LogP contribution in [-0.4, -0.2) is 36.5 Å². The molecule has 1 heterocycles. The van der Waals surface area contributed by atoms with E-state index in [1.54, 1.807) is 0 Å². The topological polar surface area (TPSA) is 55.6 Å². The van der Waals surface area contributed by atoms with Gasteiger partial charge in [0.15, 0.2) is 6.61 Å². The number of likely N-dealkylation sites (tertiary alicyclic amines) is 1. The molecule has 136 valence electrons. The summed E-state index contributed by atoms with van der Waals surface area (Å²) in [4.78, 5) is 14.3. The smallest absolute Gasteiger partial charge is 0.260 e. The molecule has 1 aliphatic rings. The van der Waals surface area contributed by atoms with Crippen molar-refractivity contribution in [3.8, 4) is 5.75 Å². The molecule has 0 aromatic heterocycles. The van der Waals surface area contributed by atoms with Gasteiger partial charge < -0.3 is 15.4 Å². The van der Waals surface area contributed by atoms with E-state index in [1.807, 2.05) is 17.0 Å². The lowest BCUT2D eigenvalue weighted by Crippen LogP contribution is -2.54. The Bertz CT molecular complexity index is 572. The van der Waals surface area contributed by atoms with Gasteiger partial charge in [-0.1, -0.05) is 33.8 Å². The Balaban J connectivity index is 0.00000288. The first kappa shape index (κ1) is 20.8. The third-order valence-corrected chi connectivity index (χ3v) is 4.89. The van der Waals surface area contributed by atoms with Gasteiger partial charge in [0.2, 0.25) is 0 Å². The Hall–Kier alpha value is -1.26. The predicted molar refractivity (Wildman–Crippen MR) is 101 cm³/mol. The van der Waals surface area contributed by atoms with Gasteiger partial charge in [-0.3, -0.25) is 4.79 Å². The maximum absolute atomic E-state index is 12.4. The lowest BCUT2D eigenvalue weighted by molar-refractivity contribution is -0.136. The van der Waals surface area contributed by atoms with E-state index in [-0.39, 0.29) is 36.4 Å². The third-order valence-electron chi connectivity index (χ3n) is 4.89. The molecule has 1 saturated heterocycles. The van der Waals surface area contributed by atoms with Crippen molar-refractivity contribution in [3.05, 3.63) is 29.3 Å². The van der Waals surface area contributed by atoms with Crippen LogP contribution in [0.4, 0.5) is 0 Å². The highest BCUT2D eigenvalue weighted by molar-refractivity contribution is 5.85. The predicted octanol–water partition coefficient (Wildman–Crippen LogP) is 3.50. The molecule has 1 aliphatic heterocycles. The molecule has 1 unspecified atom stereocenters. The van der Waals surface area contributed by atoms with Crippen LogP contribution in [0.15, 0.2) is 18.2 Å². The van der Waals surface area contributed by atoms with Gasteiger partial charge >= 0.3 is 0 Å². The Labute approximate surface area is 152 Å². The second-order valence-corrected chi connectivity index (χ2v) is 7.66. The first-order valence-electron chi connectivity index (χ1n) is 8.47. The number of ether oxygens (including phenoxy) is 1. The van der Waals surface area contributed by atoms with Gasteiger partial charge in [-0.15, -0.1) is 12.4 Å². The number of aryl methyl sites for hydroxylation is 1. The van der Waals surface area contributed by atoms with Gasteiger partial charge in [-0.2, -0.15) is 0 Å². The fourth-order valence-corrected chi connectivity index (χ4v) is 3.21. The summed E-state index contributed by atoms with van der Waals surface area (Å²) in [5.74, 6) is 1.29. The fraction of sp³-hybridized carbons (Fsp3) is 0.632. The second kappa shape index (κ2) is 8.21. The lowest BCUT2D eigenvalue weighted by atomic mass is 9.80. The first-order valence-corrected chi connectivity index (χ1v) is 8.47. The summed E-state index contributed by atoms with van der Waals surface area (Å²) in [6.45, 7) is 12.2. The molecule has 0 spiro atoms. The van der Waals surface area contributed by atoms with E-state index in [2.05, 4.69) is 40.7 Å². The van der Waals surface area contributed by atoms with E-state index in [1.165, 1.54) is 11.1 Å². The highest BCUT2D eigenvalue weighted by Gasteiger charge is 2.35. The van der Waals surface area contributed by atoms with Gasteiger partial charge in [-0.05, 0) is 47.9 Å². The van der Waals surface area contributed by atoms with Crippen LogP contribution in [0.3, 0.4) is 0 Å². The van der Waals surface area contributed by atoms with Crippen molar-refractivity contribution in [3.63, 3.8) is 0 Å². The average Bonchev–Trinajstić information content (AvgIpc) is 2.47. The highest BCUT2D eigenvalue weighted by atomic mass is 35.5. The molecular formula is C19H31ClN2O2. The summed E-state index contributed by atoms with van der Waals surface area (Å²) >= 11 is 0. The van der Waals surface area contributed by atoms with Crippen molar-refractivity contribution < 1.29 is 9.53 Å². The van der Waals surface area contributed by atoms with Crippen molar-refractivity contribution in [2.24, 2.45) is 11.1 Å². The molecule has 1 aromatic carbocycles. The first-order chi connectivity index (χ1) is 10.7. The zero-order valence-electron chi connectivity index (χ0n) is 15.5. The summed E-state index contributed by atoms with van der Waals surface area (Å²) in [6.07, 6.45) is 0.848. The summed E-state index contributed by atoms with van der Waals surface area (Å²) < 4.78 is 5.71. The molecule has 4 nitrogen and oxygen atoms in total. The van der Waals surface area contributed by atoms with E-state index in [0.717, 1.165) is 18.7 Å². The molecule has 0 saturated carbocycles. The number of hydrogen-bond donors (Lipinski definition) is 1. The monoisotopic (exact) mass is 354 g/mol. The van der Waals surface area contributed by atoms with Crippen molar-refractivity contribution >= 4 is 18.3 Å². The zero-order valence-corrected chi connectivity index (χ0v) is 16.3. The van der Waals surface area contributed by atoms with Crippen LogP contribution in [-0.2, 0) is 4.79 Å². The molecule has 24 heavy (non-hydrogen) atoms. The van der Waals surface area contributed by atoms with Crippen molar-refractivity contribution in [2.75, 3.05) is 19.7 Å². The molecule has 0 aliphatic carbocycles. The Morgan fingerprint density at radius 2 is 2.08 bits per heavy atom. The molecule has 1 atom stereocenters. The van der Waals surface area contributed by atoms with E-state index in [9.17, 15) is 4.79 Å². The molecule has 2 rings (SSSR count). The second-order valence-electron chi connectivity index (χ2n) is 7.66. The van der Waals surface area contributed by atoms with Gasteiger partial charge in [0.05, 0.1) is 0 Å². The molecule has 0 bridgehead atoms. The van der Waals surface area contributed by atoms with Crippen LogP contribution >= 0.6 is 12.4 Å². The van der Waals surface area contributed by atoms with Crippen LogP contribution in [0, 0.1) is 12.3 Å². The fourth-order valence-electron chi connectivity index (χ4n) is 3.21. The quantitative estimate of drug-likeness (QED) is 0.900. The SMILES string of the molecule is Cc1cc(OCC(=O)N2CCC(N)C(C)(C)C2)ccc1C(C)C.Cl. The number of piperidine rings is 1. The molecule has 0 radical (unpaired) electrons. The number of carbonyl (C=O) groups excluding carboxylic acids is 1. The summed E-state index contributed by atoms with van der Waals surface area (Å²) in [6, 6.07) is 6.20. The maximum Gasteiger partial charge on any atom is 0.260 e. The molecule has 1 aromatic rings. The largest absolute Gasteiger partial charge is 0.484 e. The van der Waals surface area contributed by atoms with Crippen LogP contribution in [0.5, 0.6) is 5.75 Å². The highest BCUT2D eigenvalue weighted by Crippen LogP contribution is 2.28. The Morgan fingerprint density at radius 1 is 1.42 bits per heavy atom. The van der Waals surface area contributed by atoms with Gasteiger partial charge in [0.25, 0.3) is 5.91 Å². The minimum atomic E-state index is -0.0383. The molecule has 5 heteroatoms. The number of carbonyl (C=O) groups is 1. The molecular weight excluding hydrogens is 324 g/mol. The Kier molecular flexibility index (Phi) is 7.11. The zero-order chi connectivity index (χ0) is 17.2. The number of nitrogens with zero attached hydrogens (tertiary/aromatic N) is 1. The summed E-state index contributed by atoms with van der Waals surface area (Å²) in [5.41, 5.74) is 8.61. The number of nitrogens with two attached hydrogens (primary N) is 1. The number of rotatable bonds is 4. The van der Waals surface area contributed by atoms with E-state index < -0.39 is 0 Å².